The van der Waals surface area contributed by atoms with Crippen LogP contribution in [0.15, 0.2) is 24.4 Å². The van der Waals surface area contributed by atoms with Gasteiger partial charge in [0.15, 0.2) is 11.5 Å². The molecule has 5 heteroatoms. The Balaban J connectivity index is 1.78. The van der Waals surface area contributed by atoms with Gasteiger partial charge in [-0.1, -0.05) is 0 Å². The molecule has 1 saturated heterocycles. The van der Waals surface area contributed by atoms with Crippen LogP contribution in [-0.2, 0) is 0 Å². The Morgan fingerprint density at radius 1 is 1.10 bits per heavy atom. The number of fused-ring (bicyclic) bond motifs is 2. The first kappa shape index (κ1) is 12.7. The fourth-order valence-corrected chi connectivity index (χ4v) is 3.02. The van der Waals surface area contributed by atoms with Gasteiger partial charge < -0.3 is 19.5 Å². The Morgan fingerprint density at radius 3 is 2.57 bits per heavy atom. The van der Waals surface area contributed by atoms with Crippen molar-refractivity contribution >= 4 is 16.6 Å². The van der Waals surface area contributed by atoms with E-state index in [0.29, 0.717) is 13.2 Å². The van der Waals surface area contributed by atoms with Crippen LogP contribution in [0.2, 0.25) is 0 Å². The minimum atomic E-state index is -0.180. The number of anilines is 1. The first-order valence-electron chi connectivity index (χ1n) is 7.42. The Labute approximate surface area is 123 Å². The van der Waals surface area contributed by atoms with Crippen LogP contribution in [0, 0.1) is 0 Å². The second kappa shape index (κ2) is 5.07. The highest BCUT2D eigenvalue weighted by Crippen LogP contribution is 2.37. The van der Waals surface area contributed by atoms with Crippen LogP contribution >= 0.6 is 0 Å². The lowest BCUT2D eigenvalue weighted by atomic mass is 10.1. The van der Waals surface area contributed by atoms with E-state index in [1.54, 1.807) is 0 Å². The highest BCUT2D eigenvalue weighted by atomic mass is 16.6. The molecule has 0 aliphatic carbocycles. The molecule has 3 heterocycles. The van der Waals surface area contributed by atoms with Gasteiger partial charge in [0.1, 0.15) is 19.0 Å². The van der Waals surface area contributed by atoms with Gasteiger partial charge in [-0.15, -0.1) is 0 Å². The lowest BCUT2D eigenvalue weighted by Crippen LogP contribution is -2.36. The van der Waals surface area contributed by atoms with Gasteiger partial charge in [0.2, 0.25) is 0 Å². The molecule has 0 atom stereocenters. The number of hydrogen-bond donors (Lipinski definition) is 1. The van der Waals surface area contributed by atoms with Crippen molar-refractivity contribution in [2.75, 3.05) is 31.2 Å². The van der Waals surface area contributed by atoms with Gasteiger partial charge in [0.05, 0.1) is 6.10 Å². The summed E-state index contributed by atoms with van der Waals surface area (Å²) in [6.07, 6.45) is 3.24. The number of aliphatic hydroxyl groups is 1. The topological polar surface area (TPSA) is 54.8 Å². The van der Waals surface area contributed by atoms with Gasteiger partial charge >= 0.3 is 0 Å². The molecule has 2 aliphatic heterocycles. The summed E-state index contributed by atoms with van der Waals surface area (Å²) in [7, 11) is 0. The Morgan fingerprint density at radius 2 is 1.81 bits per heavy atom. The maximum absolute atomic E-state index is 9.66. The van der Waals surface area contributed by atoms with Crippen molar-refractivity contribution in [2.45, 2.75) is 18.9 Å². The lowest BCUT2D eigenvalue weighted by molar-refractivity contribution is 0.145. The average molecular weight is 286 g/mol. The number of piperidine rings is 1. The predicted octanol–water partition coefficient (Wildman–Crippen LogP) is 1.97. The van der Waals surface area contributed by atoms with E-state index >= 15 is 0 Å². The molecule has 1 N–H and O–H groups in total. The van der Waals surface area contributed by atoms with E-state index in [9.17, 15) is 5.11 Å². The van der Waals surface area contributed by atoms with E-state index < -0.39 is 0 Å². The van der Waals surface area contributed by atoms with Crippen molar-refractivity contribution in [3.63, 3.8) is 0 Å². The van der Waals surface area contributed by atoms with E-state index in [1.165, 1.54) is 0 Å². The summed E-state index contributed by atoms with van der Waals surface area (Å²) in [4.78, 5) is 6.79. The quantitative estimate of drug-likeness (QED) is 0.868. The summed E-state index contributed by atoms with van der Waals surface area (Å²) >= 11 is 0. The zero-order chi connectivity index (χ0) is 14.2. The van der Waals surface area contributed by atoms with Crippen LogP contribution in [0.1, 0.15) is 12.8 Å². The van der Waals surface area contributed by atoms with Gasteiger partial charge in [-0.2, -0.15) is 0 Å². The molecule has 1 aromatic heterocycles. The SMILES string of the molecule is OC1CCN(c2nccc3cc4c(cc23)OCCO4)CC1. The molecule has 5 nitrogen and oxygen atoms in total. The maximum atomic E-state index is 9.66. The lowest BCUT2D eigenvalue weighted by Gasteiger charge is -2.31. The van der Waals surface area contributed by atoms with Crippen LogP contribution in [0.25, 0.3) is 10.8 Å². The van der Waals surface area contributed by atoms with E-state index in [-0.39, 0.29) is 6.10 Å². The van der Waals surface area contributed by atoms with Gasteiger partial charge in [0.25, 0.3) is 0 Å². The Kier molecular flexibility index (Phi) is 3.07. The summed E-state index contributed by atoms with van der Waals surface area (Å²) in [6, 6.07) is 6.04. The molecular weight excluding hydrogens is 268 g/mol. The molecule has 2 aliphatic rings. The molecule has 0 radical (unpaired) electrons. The summed E-state index contributed by atoms with van der Waals surface area (Å²) < 4.78 is 11.3. The molecular formula is C16H18N2O3. The van der Waals surface area contributed by atoms with Crippen LogP contribution in [0.4, 0.5) is 5.82 Å². The minimum Gasteiger partial charge on any atom is -0.486 e. The first-order valence-corrected chi connectivity index (χ1v) is 7.42. The Hall–Kier alpha value is -2.01. The number of hydrogen-bond acceptors (Lipinski definition) is 5. The third kappa shape index (κ3) is 2.27. The molecule has 0 amide bonds. The highest BCUT2D eigenvalue weighted by molar-refractivity contribution is 5.94. The predicted molar refractivity (Wildman–Crippen MR) is 80.2 cm³/mol. The zero-order valence-corrected chi connectivity index (χ0v) is 11.8. The van der Waals surface area contributed by atoms with Crippen LogP contribution in [0.3, 0.4) is 0 Å². The standard InChI is InChI=1S/C16H18N2O3/c19-12-2-5-18(6-3-12)16-13-10-15-14(20-7-8-21-15)9-11(13)1-4-17-16/h1,4,9-10,12,19H,2-3,5-8H2. The molecule has 2 aromatic rings. The third-order valence-electron chi connectivity index (χ3n) is 4.17. The van der Waals surface area contributed by atoms with Crippen molar-refractivity contribution in [1.29, 1.82) is 0 Å². The van der Waals surface area contributed by atoms with Crippen molar-refractivity contribution in [3.8, 4) is 11.5 Å². The van der Waals surface area contributed by atoms with Crippen LogP contribution < -0.4 is 14.4 Å². The number of nitrogens with zero attached hydrogens (tertiary/aromatic N) is 2. The minimum absolute atomic E-state index is 0.180. The second-order valence-corrected chi connectivity index (χ2v) is 5.57. The van der Waals surface area contributed by atoms with Crippen molar-refractivity contribution in [2.24, 2.45) is 0 Å². The van der Waals surface area contributed by atoms with Crippen molar-refractivity contribution in [3.05, 3.63) is 24.4 Å². The molecule has 110 valence electrons. The smallest absolute Gasteiger partial charge is 0.162 e. The molecule has 1 fully saturated rings. The molecule has 0 bridgehead atoms. The van der Waals surface area contributed by atoms with E-state index in [4.69, 9.17) is 9.47 Å². The second-order valence-electron chi connectivity index (χ2n) is 5.57. The number of pyridine rings is 1. The highest BCUT2D eigenvalue weighted by Gasteiger charge is 2.21. The number of aromatic nitrogens is 1. The zero-order valence-electron chi connectivity index (χ0n) is 11.8. The number of aliphatic hydroxyl groups excluding tert-OH is 1. The third-order valence-corrected chi connectivity index (χ3v) is 4.17. The first-order chi connectivity index (χ1) is 10.3. The fourth-order valence-electron chi connectivity index (χ4n) is 3.02. The summed E-state index contributed by atoms with van der Waals surface area (Å²) in [5.41, 5.74) is 0. The van der Waals surface area contributed by atoms with E-state index in [2.05, 4.69) is 9.88 Å². The molecule has 21 heavy (non-hydrogen) atoms. The van der Waals surface area contributed by atoms with E-state index in [1.807, 2.05) is 24.4 Å². The largest absolute Gasteiger partial charge is 0.486 e. The fraction of sp³-hybridized carbons (Fsp3) is 0.438. The van der Waals surface area contributed by atoms with Gasteiger partial charge in [-0.05, 0) is 36.4 Å². The average Bonchev–Trinajstić information content (AvgIpc) is 2.53. The molecule has 0 saturated carbocycles. The number of rotatable bonds is 1. The summed E-state index contributed by atoms with van der Waals surface area (Å²) in [6.45, 7) is 2.86. The van der Waals surface area contributed by atoms with Gasteiger partial charge in [0, 0.05) is 24.7 Å². The number of ether oxygens (including phenoxy) is 2. The van der Waals surface area contributed by atoms with E-state index in [0.717, 1.165) is 54.0 Å². The van der Waals surface area contributed by atoms with Gasteiger partial charge in [-0.3, -0.25) is 0 Å². The van der Waals surface area contributed by atoms with Crippen LogP contribution in [-0.4, -0.2) is 42.5 Å². The van der Waals surface area contributed by atoms with Gasteiger partial charge in [-0.25, -0.2) is 4.98 Å². The monoisotopic (exact) mass is 286 g/mol. The van der Waals surface area contributed by atoms with Crippen molar-refractivity contribution < 1.29 is 14.6 Å². The molecule has 4 rings (SSSR count). The maximum Gasteiger partial charge on any atom is 0.162 e. The Bertz CT molecular complexity index is 666. The molecule has 1 aromatic carbocycles. The normalized spacial score (nSPS) is 19.0. The number of benzene rings is 1. The molecule has 0 unspecified atom stereocenters. The molecule has 0 spiro atoms. The summed E-state index contributed by atoms with van der Waals surface area (Å²) in [5.74, 6) is 2.57. The summed E-state index contributed by atoms with van der Waals surface area (Å²) in [5, 5.41) is 11.9. The van der Waals surface area contributed by atoms with Crippen molar-refractivity contribution in [1.82, 2.24) is 4.98 Å². The van der Waals surface area contributed by atoms with Crippen LogP contribution in [0.5, 0.6) is 11.5 Å².